The van der Waals surface area contributed by atoms with Crippen LogP contribution < -0.4 is 4.72 Å². The maximum atomic E-state index is 12.3. The molecule has 1 aliphatic carbocycles. The second-order valence-corrected chi connectivity index (χ2v) is 7.15. The van der Waals surface area contributed by atoms with Crippen molar-refractivity contribution in [3.05, 3.63) is 29.3 Å². The highest BCUT2D eigenvalue weighted by Crippen LogP contribution is 2.28. The van der Waals surface area contributed by atoms with E-state index in [1.807, 2.05) is 0 Å². The van der Waals surface area contributed by atoms with Gasteiger partial charge in [-0.1, -0.05) is 43.0 Å². The fourth-order valence-corrected chi connectivity index (χ4v) is 4.32. The molecular weight excluding hydrogens is 296 g/mol. The molecular formula is C14H17ClN2O2S. The number of nitriles is 1. The molecule has 0 saturated heterocycles. The van der Waals surface area contributed by atoms with Crippen molar-refractivity contribution in [3.63, 3.8) is 0 Å². The molecule has 0 bridgehead atoms. The zero-order valence-electron chi connectivity index (χ0n) is 11.0. The zero-order valence-corrected chi connectivity index (χ0v) is 12.6. The molecule has 1 aliphatic rings. The first kappa shape index (κ1) is 15.3. The van der Waals surface area contributed by atoms with E-state index < -0.39 is 16.1 Å². The molecule has 1 N–H and O–H groups in total. The van der Waals surface area contributed by atoms with Crippen LogP contribution in [0.1, 0.15) is 32.1 Å². The lowest BCUT2D eigenvalue weighted by Gasteiger charge is -2.26. The largest absolute Gasteiger partial charge is 0.243 e. The Morgan fingerprint density at radius 2 is 1.90 bits per heavy atom. The van der Waals surface area contributed by atoms with Gasteiger partial charge >= 0.3 is 0 Å². The molecule has 0 radical (unpaired) electrons. The summed E-state index contributed by atoms with van der Waals surface area (Å²) in [7, 11) is -3.76. The Labute approximate surface area is 124 Å². The van der Waals surface area contributed by atoms with Gasteiger partial charge in [0.1, 0.15) is 10.9 Å². The topological polar surface area (TPSA) is 70.0 Å². The molecule has 20 heavy (non-hydrogen) atoms. The Morgan fingerprint density at radius 3 is 2.50 bits per heavy atom. The number of sulfonamides is 1. The normalized spacial score (nSPS) is 18.4. The molecule has 1 unspecified atom stereocenters. The molecule has 6 heteroatoms. The van der Waals surface area contributed by atoms with Gasteiger partial charge in [-0.05, 0) is 30.9 Å². The van der Waals surface area contributed by atoms with Crippen LogP contribution >= 0.6 is 11.6 Å². The minimum atomic E-state index is -3.76. The number of nitrogens with zero attached hydrogens (tertiary/aromatic N) is 1. The van der Waals surface area contributed by atoms with E-state index in [1.165, 1.54) is 12.1 Å². The minimum absolute atomic E-state index is 0.0257. The molecule has 0 aliphatic heterocycles. The predicted octanol–water partition coefficient (Wildman–Crippen LogP) is 3.09. The highest BCUT2D eigenvalue weighted by Gasteiger charge is 2.29. The molecule has 108 valence electrons. The molecule has 4 nitrogen and oxygen atoms in total. The van der Waals surface area contributed by atoms with Crippen LogP contribution in [-0.2, 0) is 10.0 Å². The second kappa shape index (κ2) is 6.57. The van der Waals surface area contributed by atoms with Crippen LogP contribution in [0.2, 0.25) is 5.02 Å². The average Bonchev–Trinajstić information content (AvgIpc) is 2.46. The van der Waals surface area contributed by atoms with Gasteiger partial charge in [-0.3, -0.25) is 0 Å². The summed E-state index contributed by atoms with van der Waals surface area (Å²) in [6, 6.07) is 7.65. The molecule has 1 fully saturated rings. The fourth-order valence-electron chi connectivity index (χ4n) is 2.59. The summed E-state index contributed by atoms with van der Waals surface area (Å²) in [5, 5.41) is 9.41. The van der Waals surface area contributed by atoms with Crippen molar-refractivity contribution in [2.24, 2.45) is 5.92 Å². The maximum Gasteiger partial charge on any atom is 0.243 e. The third kappa shape index (κ3) is 3.51. The SMILES string of the molecule is N#CC(NS(=O)(=O)c1ccccc1Cl)C1CCCCC1. The van der Waals surface area contributed by atoms with Crippen molar-refractivity contribution in [1.29, 1.82) is 5.26 Å². The predicted molar refractivity (Wildman–Crippen MR) is 77.7 cm³/mol. The summed E-state index contributed by atoms with van der Waals surface area (Å²) < 4.78 is 27.1. The molecule has 2 rings (SSSR count). The Bertz CT molecular complexity index is 604. The monoisotopic (exact) mass is 312 g/mol. The highest BCUT2D eigenvalue weighted by atomic mass is 35.5. The van der Waals surface area contributed by atoms with E-state index in [-0.39, 0.29) is 15.8 Å². The summed E-state index contributed by atoms with van der Waals surface area (Å²) in [4.78, 5) is 0.0257. The van der Waals surface area contributed by atoms with E-state index in [2.05, 4.69) is 10.8 Å². The minimum Gasteiger partial charge on any atom is -0.207 e. The molecule has 0 aromatic heterocycles. The molecule has 0 spiro atoms. The number of rotatable bonds is 4. The number of hydrogen-bond donors (Lipinski definition) is 1. The fraction of sp³-hybridized carbons (Fsp3) is 0.500. The molecule has 1 aromatic carbocycles. The standard InChI is InChI=1S/C14H17ClN2O2S/c15-12-8-4-5-9-14(12)20(18,19)17-13(10-16)11-6-2-1-3-7-11/h4-5,8-9,11,13,17H,1-3,6-7H2. The smallest absolute Gasteiger partial charge is 0.207 e. The molecule has 0 amide bonds. The van der Waals surface area contributed by atoms with Gasteiger partial charge < -0.3 is 0 Å². The lowest BCUT2D eigenvalue weighted by Crippen LogP contribution is -2.40. The number of benzene rings is 1. The Morgan fingerprint density at radius 1 is 1.25 bits per heavy atom. The van der Waals surface area contributed by atoms with E-state index >= 15 is 0 Å². The van der Waals surface area contributed by atoms with Crippen molar-refractivity contribution in [2.75, 3.05) is 0 Å². The van der Waals surface area contributed by atoms with Gasteiger partial charge in [0.15, 0.2) is 0 Å². The Kier molecular flexibility index (Phi) is 5.03. The average molecular weight is 313 g/mol. The van der Waals surface area contributed by atoms with Crippen molar-refractivity contribution in [1.82, 2.24) is 4.72 Å². The van der Waals surface area contributed by atoms with Crippen LogP contribution in [0.15, 0.2) is 29.2 Å². The van der Waals surface area contributed by atoms with E-state index in [9.17, 15) is 13.7 Å². The lowest BCUT2D eigenvalue weighted by atomic mass is 9.85. The molecule has 1 atom stereocenters. The first-order chi connectivity index (χ1) is 9.54. The van der Waals surface area contributed by atoms with Crippen LogP contribution in [0.5, 0.6) is 0 Å². The van der Waals surface area contributed by atoms with Gasteiger partial charge in [0.05, 0.1) is 11.1 Å². The third-order valence-electron chi connectivity index (χ3n) is 3.67. The van der Waals surface area contributed by atoms with Gasteiger partial charge in [-0.2, -0.15) is 9.98 Å². The quantitative estimate of drug-likeness (QED) is 0.928. The van der Waals surface area contributed by atoms with Gasteiger partial charge in [-0.15, -0.1) is 0 Å². The highest BCUT2D eigenvalue weighted by molar-refractivity contribution is 7.89. The van der Waals surface area contributed by atoms with Gasteiger partial charge in [-0.25, -0.2) is 8.42 Å². The molecule has 1 saturated carbocycles. The summed E-state index contributed by atoms with van der Waals surface area (Å²) in [5.41, 5.74) is 0. The van der Waals surface area contributed by atoms with Crippen LogP contribution in [0, 0.1) is 17.2 Å². The van der Waals surface area contributed by atoms with Crippen LogP contribution in [0.3, 0.4) is 0 Å². The van der Waals surface area contributed by atoms with E-state index in [1.54, 1.807) is 12.1 Å². The summed E-state index contributed by atoms with van der Waals surface area (Å²) in [5.74, 6) is 0.0889. The number of halogens is 1. The summed E-state index contributed by atoms with van der Waals surface area (Å²) in [6.45, 7) is 0. The van der Waals surface area contributed by atoms with Gasteiger partial charge in [0.25, 0.3) is 0 Å². The summed E-state index contributed by atoms with van der Waals surface area (Å²) >= 11 is 5.92. The first-order valence-corrected chi connectivity index (χ1v) is 8.57. The summed E-state index contributed by atoms with van der Waals surface area (Å²) in [6.07, 6.45) is 5.05. The Balaban J connectivity index is 2.18. The zero-order chi connectivity index (χ0) is 14.6. The number of hydrogen-bond acceptors (Lipinski definition) is 3. The maximum absolute atomic E-state index is 12.3. The third-order valence-corrected chi connectivity index (χ3v) is 5.61. The van der Waals surface area contributed by atoms with Crippen molar-refractivity contribution >= 4 is 21.6 Å². The van der Waals surface area contributed by atoms with E-state index in [0.29, 0.717) is 0 Å². The van der Waals surface area contributed by atoms with Gasteiger partial charge in [0.2, 0.25) is 10.0 Å². The first-order valence-electron chi connectivity index (χ1n) is 6.71. The van der Waals surface area contributed by atoms with E-state index in [0.717, 1.165) is 32.1 Å². The van der Waals surface area contributed by atoms with Crippen LogP contribution in [0.4, 0.5) is 0 Å². The van der Waals surface area contributed by atoms with Crippen LogP contribution in [-0.4, -0.2) is 14.5 Å². The van der Waals surface area contributed by atoms with Crippen molar-refractivity contribution in [2.45, 2.75) is 43.0 Å². The second-order valence-electron chi connectivity index (χ2n) is 5.06. The van der Waals surface area contributed by atoms with E-state index in [4.69, 9.17) is 11.6 Å². The molecule has 0 heterocycles. The number of nitrogens with one attached hydrogen (secondary N) is 1. The Hall–Kier alpha value is -1.09. The van der Waals surface area contributed by atoms with Crippen LogP contribution in [0.25, 0.3) is 0 Å². The molecule has 1 aromatic rings. The van der Waals surface area contributed by atoms with Gasteiger partial charge in [0, 0.05) is 0 Å². The van der Waals surface area contributed by atoms with Crippen molar-refractivity contribution < 1.29 is 8.42 Å². The van der Waals surface area contributed by atoms with Crippen molar-refractivity contribution in [3.8, 4) is 6.07 Å². The lowest BCUT2D eigenvalue weighted by molar-refractivity contribution is 0.324.